The number of carbonyl (C=O) groups is 1. The van der Waals surface area contributed by atoms with Crippen LogP contribution in [-0.2, 0) is 4.79 Å². The van der Waals surface area contributed by atoms with Crippen molar-refractivity contribution in [2.24, 2.45) is 0 Å². The van der Waals surface area contributed by atoms with Crippen molar-refractivity contribution in [1.29, 1.82) is 0 Å². The molecule has 1 saturated heterocycles. The molecule has 114 valence electrons. The van der Waals surface area contributed by atoms with Gasteiger partial charge in [0.2, 0.25) is 5.91 Å². The normalized spacial score (nSPS) is 15.9. The topological polar surface area (TPSA) is 32.3 Å². The van der Waals surface area contributed by atoms with Gasteiger partial charge in [-0.1, -0.05) is 35.6 Å². The molecule has 3 nitrogen and oxygen atoms in total. The molecule has 2 rings (SSSR count). The van der Waals surface area contributed by atoms with Gasteiger partial charge in [0, 0.05) is 13.1 Å². The first-order valence-corrected chi connectivity index (χ1v) is 8.35. The van der Waals surface area contributed by atoms with Crippen LogP contribution >= 0.6 is 35.6 Å². The average Bonchev–Trinajstić information content (AvgIpc) is 2.95. The summed E-state index contributed by atoms with van der Waals surface area (Å²) in [5.41, 5.74) is 0.405. The highest BCUT2D eigenvalue weighted by Crippen LogP contribution is 2.25. The SMILES string of the molecule is C[C@H](SC(=S)N1CCCC1)C(=O)Nc1ccc(F)cc1Cl. The van der Waals surface area contributed by atoms with Crippen LogP contribution in [-0.4, -0.2) is 33.5 Å². The van der Waals surface area contributed by atoms with Gasteiger partial charge in [0.15, 0.2) is 0 Å². The maximum absolute atomic E-state index is 13.0. The molecule has 1 aromatic rings. The summed E-state index contributed by atoms with van der Waals surface area (Å²) in [6.07, 6.45) is 2.29. The highest BCUT2D eigenvalue weighted by Gasteiger charge is 2.21. The van der Waals surface area contributed by atoms with Gasteiger partial charge in [-0.2, -0.15) is 0 Å². The fourth-order valence-corrected chi connectivity index (χ4v) is 3.63. The molecule has 0 spiro atoms. The molecule has 0 aliphatic carbocycles. The van der Waals surface area contributed by atoms with Crippen LogP contribution in [0, 0.1) is 5.82 Å². The van der Waals surface area contributed by atoms with Gasteiger partial charge in [0.1, 0.15) is 10.1 Å². The molecule has 0 saturated carbocycles. The Morgan fingerprint density at radius 1 is 1.48 bits per heavy atom. The van der Waals surface area contributed by atoms with Gasteiger partial charge in [-0.05, 0) is 38.0 Å². The Hall–Kier alpha value is -0.850. The quantitative estimate of drug-likeness (QED) is 0.841. The van der Waals surface area contributed by atoms with E-state index in [2.05, 4.69) is 10.2 Å². The molecular formula is C14H16ClFN2OS2. The summed E-state index contributed by atoms with van der Waals surface area (Å²) in [7, 11) is 0. The van der Waals surface area contributed by atoms with Gasteiger partial charge < -0.3 is 10.2 Å². The van der Waals surface area contributed by atoms with Crippen molar-refractivity contribution < 1.29 is 9.18 Å². The molecule has 1 heterocycles. The Morgan fingerprint density at radius 3 is 2.76 bits per heavy atom. The summed E-state index contributed by atoms with van der Waals surface area (Å²) in [4.78, 5) is 14.3. The fourth-order valence-electron chi connectivity index (χ4n) is 2.00. The van der Waals surface area contributed by atoms with Crippen LogP contribution in [0.3, 0.4) is 0 Å². The summed E-state index contributed by atoms with van der Waals surface area (Å²) >= 11 is 12.6. The highest BCUT2D eigenvalue weighted by atomic mass is 35.5. The Kier molecular flexibility index (Phi) is 5.84. The number of amides is 1. The molecule has 1 amide bonds. The van der Waals surface area contributed by atoms with Crippen molar-refractivity contribution in [1.82, 2.24) is 4.90 Å². The van der Waals surface area contributed by atoms with E-state index in [9.17, 15) is 9.18 Å². The van der Waals surface area contributed by atoms with E-state index in [4.69, 9.17) is 23.8 Å². The van der Waals surface area contributed by atoms with E-state index in [1.54, 1.807) is 6.92 Å². The molecule has 0 aromatic heterocycles. The molecule has 1 aliphatic heterocycles. The molecule has 1 aliphatic rings. The number of nitrogens with zero attached hydrogens (tertiary/aromatic N) is 1. The van der Waals surface area contributed by atoms with E-state index < -0.39 is 5.82 Å². The number of rotatable bonds is 3. The Morgan fingerprint density at radius 2 is 2.14 bits per heavy atom. The third-order valence-electron chi connectivity index (χ3n) is 3.20. The minimum atomic E-state index is -0.435. The minimum Gasteiger partial charge on any atom is -0.358 e. The van der Waals surface area contributed by atoms with Crippen LogP contribution < -0.4 is 5.32 Å². The minimum absolute atomic E-state index is 0.183. The van der Waals surface area contributed by atoms with Gasteiger partial charge in [0.05, 0.1) is 16.0 Å². The smallest absolute Gasteiger partial charge is 0.237 e. The molecule has 0 unspecified atom stereocenters. The number of hydrogen-bond acceptors (Lipinski definition) is 3. The summed E-state index contributed by atoms with van der Waals surface area (Å²) < 4.78 is 13.7. The Labute approximate surface area is 138 Å². The average molecular weight is 347 g/mol. The van der Waals surface area contributed by atoms with Crippen LogP contribution in [0.5, 0.6) is 0 Å². The van der Waals surface area contributed by atoms with E-state index in [-0.39, 0.29) is 16.2 Å². The summed E-state index contributed by atoms with van der Waals surface area (Å²) in [5.74, 6) is -0.634. The Balaban J connectivity index is 1.91. The number of anilines is 1. The Bertz CT molecular complexity index is 550. The third kappa shape index (κ3) is 4.56. The van der Waals surface area contributed by atoms with Crippen LogP contribution in [0.4, 0.5) is 10.1 Å². The lowest BCUT2D eigenvalue weighted by Gasteiger charge is -2.20. The van der Waals surface area contributed by atoms with Crippen LogP contribution in [0.2, 0.25) is 5.02 Å². The summed E-state index contributed by atoms with van der Waals surface area (Å²) in [6.45, 7) is 3.72. The lowest BCUT2D eigenvalue weighted by molar-refractivity contribution is -0.115. The number of likely N-dealkylation sites (tertiary alicyclic amines) is 1. The lowest BCUT2D eigenvalue weighted by Crippen LogP contribution is -2.29. The monoisotopic (exact) mass is 346 g/mol. The number of halogens is 2. The van der Waals surface area contributed by atoms with E-state index in [1.165, 1.54) is 30.0 Å². The van der Waals surface area contributed by atoms with Crippen molar-refractivity contribution in [3.05, 3.63) is 29.0 Å². The molecule has 0 radical (unpaired) electrons. The van der Waals surface area contributed by atoms with Gasteiger partial charge in [-0.25, -0.2) is 4.39 Å². The van der Waals surface area contributed by atoms with Gasteiger partial charge in [-0.15, -0.1) is 0 Å². The zero-order chi connectivity index (χ0) is 15.4. The first-order valence-electron chi connectivity index (χ1n) is 6.69. The molecule has 21 heavy (non-hydrogen) atoms. The van der Waals surface area contributed by atoms with Crippen LogP contribution in [0.15, 0.2) is 18.2 Å². The zero-order valence-corrected chi connectivity index (χ0v) is 14.0. The molecule has 1 fully saturated rings. The second-order valence-electron chi connectivity index (χ2n) is 4.83. The van der Waals surface area contributed by atoms with Gasteiger partial charge in [-0.3, -0.25) is 4.79 Å². The van der Waals surface area contributed by atoms with Crippen LogP contribution in [0.25, 0.3) is 0 Å². The molecular weight excluding hydrogens is 331 g/mol. The van der Waals surface area contributed by atoms with Crippen molar-refractivity contribution in [3.8, 4) is 0 Å². The number of benzene rings is 1. The van der Waals surface area contributed by atoms with E-state index >= 15 is 0 Å². The van der Waals surface area contributed by atoms with Crippen molar-refractivity contribution >= 4 is 51.5 Å². The maximum Gasteiger partial charge on any atom is 0.237 e. The van der Waals surface area contributed by atoms with Crippen molar-refractivity contribution in [2.75, 3.05) is 18.4 Å². The number of thioether (sulfide) groups is 1. The second kappa shape index (κ2) is 7.42. The number of thiocarbonyl (C=S) groups is 1. The third-order valence-corrected chi connectivity index (χ3v) is 5.09. The number of hydrogen-bond donors (Lipinski definition) is 1. The van der Waals surface area contributed by atoms with E-state index in [1.807, 2.05) is 0 Å². The van der Waals surface area contributed by atoms with Crippen LogP contribution in [0.1, 0.15) is 19.8 Å². The fraction of sp³-hybridized carbons (Fsp3) is 0.429. The lowest BCUT2D eigenvalue weighted by atomic mass is 10.3. The number of nitrogens with one attached hydrogen (secondary N) is 1. The van der Waals surface area contributed by atoms with Gasteiger partial charge >= 0.3 is 0 Å². The van der Waals surface area contributed by atoms with E-state index in [0.717, 1.165) is 30.3 Å². The molecule has 1 atom stereocenters. The van der Waals surface area contributed by atoms with E-state index in [0.29, 0.717) is 5.69 Å². The maximum atomic E-state index is 13.0. The standard InChI is InChI=1S/C14H16ClFN2OS2/c1-9(21-14(20)18-6-2-3-7-18)13(19)17-12-5-4-10(16)8-11(12)15/h4-5,8-9H,2-3,6-7H2,1H3,(H,17,19)/t9-/m0/s1. The second-order valence-corrected chi connectivity index (χ2v) is 7.22. The zero-order valence-electron chi connectivity index (χ0n) is 11.6. The predicted molar refractivity (Wildman–Crippen MR) is 90.5 cm³/mol. The van der Waals surface area contributed by atoms with Crippen molar-refractivity contribution in [2.45, 2.75) is 25.0 Å². The molecule has 1 aromatic carbocycles. The summed E-state index contributed by atoms with van der Waals surface area (Å²) in [6, 6.07) is 3.88. The first kappa shape index (κ1) is 16.5. The molecule has 1 N–H and O–H groups in total. The first-order chi connectivity index (χ1) is 9.97. The number of carbonyl (C=O) groups excluding carboxylic acids is 1. The predicted octanol–water partition coefficient (Wildman–Crippen LogP) is 3.92. The molecule has 0 bridgehead atoms. The highest BCUT2D eigenvalue weighted by molar-refractivity contribution is 8.23. The largest absolute Gasteiger partial charge is 0.358 e. The molecule has 7 heteroatoms. The summed E-state index contributed by atoms with van der Waals surface area (Å²) in [5, 5.41) is 2.55. The van der Waals surface area contributed by atoms with Crippen molar-refractivity contribution in [3.63, 3.8) is 0 Å². The van der Waals surface area contributed by atoms with Gasteiger partial charge in [0.25, 0.3) is 0 Å².